The standard InChI is InChI=1S/C8H15NO3.2ClH/c1-9-4-2-7(3-5-9)12-6-8(10)11;;/h7H,2-6H2,1H3,(H,10,11);2*1H. The Kier molecular flexibility index (Phi) is 9.72. The van der Waals surface area contributed by atoms with Crippen molar-refractivity contribution in [2.24, 2.45) is 0 Å². The molecule has 1 fully saturated rings. The Balaban J connectivity index is 0. The van der Waals surface area contributed by atoms with E-state index in [1.807, 2.05) is 0 Å². The third-order valence-corrected chi connectivity index (χ3v) is 2.11. The van der Waals surface area contributed by atoms with Gasteiger partial charge in [-0.25, -0.2) is 4.79 Å². The molecule has 0 aromatic heterocycles. The van der Waals surface area contributed by atoms with Crippen LogP contribution in [-0.2, 0) is 9.53 Å². The number of piperidine rings is 1. The van der Waals surface area contributed by atoms with E-state index < -0.39 is 5.97 Å². The van der Waals surface area contributed by atoms with Gasteiger partial charge in [0.2, 0.25) is 0 Å². The molecule has 1 N–H and O–H groups in total. The maximum atomic E-state index is 10.2. The number of nitrogens with zero attached hydrogens (tertiary/aromatic N) is 1. The van der Waals surface area contributed by atoms with Crippen molar-refractivity contribution in [3.05, 3.63) is 0 Å². The zero-order chi connectivity index (χ0) is 8.97. The van der Waals surface area contributed by atoms with Crippen molar-refractivity contribution in [2.45, 2.75) is 18.9 Å². The van der Waals surface area contributed by atoms with E-state index >= 15 is 0 Å². The van der Waals surface area contributed by atoms with E-state index in [1.54, 1.807) is 0 Å². The SMILES string of the molecule is CN1CCC(OCC(=O)O)CC1.Cl.Cl. The smallest absolute Gasteiger partial charge is 0.329 e. The summed E-state index contributed by atoms with van der Waals surface area (Å²) in [6.07, 6.45) is 2.05. The van der Waals surface area contributed by atoms with Crippen LogP contribution in [0.2, 0.25) is 0 Å². The molecule has 0 aromatic carbocycles. The number of likely N-dealkylation sites (tertiary alicyclic amines) is 1. The van der Waals surface area contributed by atoms with Crippen molar-refractivity contribution in [2.75, 3.05) is 26.7 Å². The Morgan fingerprint density at radius 3 is 2.36 bits per heavy atom. The monoisotopic (exact) mass is 245 g/mol. The number of hydrogen-bond donors (Lipinski definition) is 1. The summed E-state index contributed by atoms with van der Waals surface area (Å²) in [7, 11) is 2.06. The van der Waals surface area contributed by atoms with Gasteiger partial charge < -0.3 is 14.7 Å². The molecule has 4 nitrogen and oxygen atoms in total. The van der Waals surface area contributed by atoms with Crippen molar-refractivity contribution in [3.63, 3.8) is 0 Å². The fourth-order valence-electron chi connectivity index (χ4n) is 1.34. The Labute approximate surface area is 96.4 Å². The molecule has 0 spiro atoms. The summed E-state index contributed by atoms with van der Waals surface area (Å²) in [5.74, 6) is -0.881. The highest BCUT2D eigenvalue weighted by Crippen LogP contribution is 2.11. The lowest BCUT2D eigenvalue weighted by Gasteiger charge is -2.28. The first-order valence-corrected chi connectivity index (χ1v) is 4.20. The predicted molar refractivity (Wildman–Crippen MR) is 58.6 cm³/mol. The normalized spacial score (nSPS) is 18.1. The molecule has 1 heterocycles. The third kappa shape index (κ3) is 6.43. The van der Waals surface area contributed by atoms with E-state index in [0.29, 0.717) is 0 Å². The molecule has 1 saturated heterocycles. The van der Waals surface area contributed by atoms with Crippen LogP contribution in [0.1, 0.15) is 12.8 Å². The number of hydrogen-bond acceptors (Lipinski definition) is 3. The molecule has 1 rings (SSSR count). The van der Waals surface area contributed by atoms with Crippen LogP contribution in [-0.4, -0.2) is 48.8 Å². The number of halogens is 2. The van der Waals surface area contributed by atoms with E-state index in [9.17, 15) is 4.79 Å². The van der Waals surface area contributed by atoms with Crippen molar-refractivity contribution in [1.82, 2.24) is 4.90 Å². The lowest BCUT2D eigenvalue weighted by Crippen LogP contribution is -2.35. The molecule has 14 heavy (non-hydrogen) atoms. The highest BCUT2D eigenvalue weighted by Gasteiger charge is 2.17. The summed E-state index contributed by atoms with van der Waals surface area (Å²) in [4.78, 5) is 12.4. The summed E-state index contributed by atoms with van der Waals surface area (Å²) in [5, 5.41) is 8.36. The summed E-state index contributed by atoms with van der Waals surface area (Å²) in [6.45, 7) is 1.85. The number of carboxylic acid groups (broad SMARTS) is 1. The predicted octanol–water partition coefficient (Wildman–Crippen LogP) is 1.03. The second kappa shape index (κ2) is 8.29. The molecule has 1 aliphatic heterocycles. The molecule has 0 radical (unpaired) electrons. The summed E-state index contributed by atoms with van der Waals surface area (Å²) < 4.78 is 5.17. The Bertz CT molecular complexity index is 161. The molecule has 0 saturated carbocycles. The van der Waals surface area contributed by atoms with Crippen molar-refractivity contribution >= 4 is 30.8 Å². The highest BCUT2D eigenvalue weighted by atomic mass is 35.5. The number of aliphatic carboxylic acids is 1. The van der Waals surface area contributed by atoms with Gasteiger partial charge in [-0.2, -0.15) is 0 Å². The van der Waals surface area contributed by atoms with Gasteiger partial charge in [-0.1, -0.05) is 0 Å². The Hall–Kier alpha value is -0.0300. The van der Waals surface area contributed by atoms with E-state index in [4.69, 9.17) is 9.84 Å². The quantitative estimate of drug-likeness (QED) is 0.807. The number of ether oxygens (including phenoxy) is 1. The maximum absolute atomic E-state index is 10.2. The van der Waals surface area contributed by atoms with Crippen LogP contribution in [0, 0.1) is 0 Å². The number of carboxylic acids is 1. The van der Waals surface area contributed by atoms with Crippen molar-refractivity contribution < 1.29 is 14.6 Å². The highest BCUT2D eigenvalue weighted by molar-refractivity contribution is 5.85. The van der Waals surface area contributed by atoms with E-state index in [2.05, 4.69) is 11.9 Å². The van der Waals surface area contributed by atoms with Crippen LogP contribution in [0.3, 0.4) is 0 Å². The van der Waals surface area contributed by atoms with Crippen LogP contribution < -0.4 is 0 Å². The van der Waals surface area contributed by atoms with Gasteiger partial charge >= 0.3 is 5.97 Å². The first kappa shape index (κ1) is 16.4. The van der Waals surface area contributed by atoms with Crippen LogP contribution >= 0.6 is 24.8 Å². The molecular weight excluding hydrogens is 229 g/mol. The van der Waals surface area contributed by atoms with E-state index in [0.717, 1.165) is 25.9 Å². The molecule has 0 amide bonds. The molecule has 0 unspecified atom stereocenters. The first-order valence-electron chi connectivity index (χ1n) is 4.20. The first-order chi connectivity index (χ1) is 5.68. The molecule has 1 aliphatic rings. The zero-order valence-corrected chi connectivity index (χ0v) is 9.77. The zero-order valence-electron chi connectivity index (χ0n) is 8.14. The number of rotatable bonds is 3. The van der Waals surface area contributed by atoms with Gasteiger partial charge in [0, 0.05) is 13.1 Å². The van der Waals surface area contributed by atoms with Gasteiger partial charge in [0.25, 0.3) is 0 Å². The summed E-state index contributed by atoms with van der Waals surface area (Å²) in [6, 6.07) is 0. The van der Waals surface area contributed by atoms with Crippen LogP contribution in [0.5, 0.6) is 0 Å². The lowest BCUT2D eigenvalue weighted by molar-refractivity contribution is -0.145. The second-order valence-corrected chi connectivity index (χ2v) is 3.21. The fraction of sp³-hybridized carbons (Fsp3) is 0.875. The summed E-state index contributed by atoms with van der Waals surface area (Å²) >= 11 is 0. The minimum absolute atomic E-state index is 0. The molecule has 0 aliphatic carbocycles. The molecule has 0 bridgehead atoms. The van der Waals surface area contributed by atoms with Crippen molar-refractivity contribution in [3.8, 4) is 0 Å². The topological polar surface area (TPSA) is 49.8 Å². The fourth-order valence-corrected chi connectivity index (χ4v) is 1.34. The number of carbonyl (C=O) groups is 1. The average Bonchev–Trinajstić information content (AvgIpc) is 2.03. The van der Waals surface area contributed by atoms with Gasteiger partial charge in [0.1, 0.15) is 6.61 Å². The average molecular weight is 246 g/mol. The minimum Gasteiger partial charge on any atom is -0.480 e. The van der Waals surface area contributed by atoms with Crippen LogP contribution in [0.15, 0.2) is 0 Å². The maximum Gasteiger partial charge on any atom is 0.329 e. The van der Waals surface area contributed by atoms with E-state index in [-0.39, 0.29) is 37.5 Å². The molecule has 6 heteroatoms. The van der Waals surface area contributed by atoms with Crippen LogP contribution in [0.4, 0.5) is 0 Å². The Morgan fingerprint density at radius 1 is 1.43 bits per heavy atom. The van der Waals surface area contributed by atoms with Gasteiger partial charge in [-0.3, -0.25) is 0 Å². The van der Waals surface area contributed by atoms with Gasteiger partial charge in [-0.05, 0) is 19.9 Å². The summed E-state index contributed by atoms with van der Waals surface area (Å²) in [5.41, 5.74) is 0. The Morgan fingerprint density at radius 2 is 1.93 bits per heavy atom. The molecule has 86 valence electrons. The van der Waals surface area contributed by atoms with E-state index in [1.165, 1.54) is 0 Å². The molecular formula is C8H17Cl2NO3. The van der Waals surface area contributed by atoms with Crippen molar-refractivity contribution in [1.29, 1.82) is 0 Å². The minimum atomic E-state index is -0.881. The molecule has 0 aromatic rings. The van der Waals surface area contributed by atoms with Gasteiger partial charge in [0.05, 0.1) is 6.10 Å². The molecule has 0 atom stereocenters. The lowest BCUT2D eigenvalue weighted by atomic mass is 10.1. The van der Waals surface area contributed by atoms with Crippen LogP contribution in [0.25, 0.3) is 0 Å². The van der Waals surface area contributed by atoms with Gasteiger partial charge in [-0.15, -0.1) is 24.8 Å². The largest absolute Gasteiger partial charge is 0.480 e. The third-order valence-electron chi connectivity index (χ3n) is 2.11. The van der Waals surface area contributed by atoms with Gasteiger partial charge in [0.15, 0.2) is 0 Å². The second-order valence-electron chi connectivity index (χ2n) is 3.21.